The number of allylic oxidation sites excluding steroid dienone is 1. The van der Waals surface area contributed by atoms with Gasteiger partial charge in [0.25, 0.3) is 0 Å². The highest BCUT2D eigenvalue weighted by atomic mass is 32.2. The maximum Gasteiger partial charge on any atom is 0.125 e. The smallest absolute Gasteiger partial charge is 0.125 e. The Morgan fingerprint density at radius 2 is 2.00 bits per heavy atom. The molecule has 0 fully saturated rings. The molecule has 0 saturated heterocycles. The van der Waals surface area contributed by atoms with E-state index in [-0.39, 0.29) is 0 Å². The molecule has 3 heteroatoms. The molecule has 1 aromatic rings. The molecule has 0 aromatic heterocycles. The monoisotopic (exact) mass is 209 g/mol. The van der Waals surface area contributed by atoms with Crippen molar-refractivity contribution in [2.45, 2.75) is 18.7 Å². The van der Waals surface area contributed by atoms with E-state index >= 15 is 0 Å². The molecule has 76 valence electrons. The Morgan fingerprint density at radius 3 is 2.57 bits per heavy atom. The Balaban J connectivity index is 2.48. The van der Waals surface area contributed by atoms with Crippen molar-refractivity contribution in [1.29, 1.82) is 0 Å². The molecule has 0 heterocycles. The van der Waals surface area contributed by atoms with E-state index in [1.54, 1.807) is 0 Å². The highest BCUT2D eigenvalue weighted by molar-refractivity contribution is 7.83. The lowest BCUT2D eigenvalue weighted by Crippen LogP contribution is -2.17. The average molecular weight is 209 g/mol. The van der Waals surface area contributed by atoms with Crippen LogP contribution in [0.25, 0.3) is 0 Å². The highest BCUT2D eigenvalue weighted by Gasteiger charge is 1.99. The summed E-state index contributed by atoms with van der Waals surface area (Å²) < 4.78 is 14.5. The minimum absolute atomic E-state index is 0.643. The van der Waals surface area contributed by atoms with E-state index in [0.29, 0.717) is 6.54 Å². The highest BCUT2D eigenvalue weighted by Crippen LogP contribution is 2.02. The minimum Gasteiger partial charge on any atom is -0.237 e. The summed E-state index contributed by atoms with van der Waals surface area (Å²) in [6.45, 7) is 4.68. The largest absolute Gasteiger partial charge is 0.237 e. The first kappa shape index (κ1) is 11.1. The van der Waals surface area contributed by atoms with Gasteiger partial charge in [-0.1, -0.05) is 29.8 Å². The van der Waals surface area contributed by atoms with Crippen molar-refractivity contribution in [1.82, 2.24) is 4.72 Å². The Labute approximate surface area is 87.6 Å². The van der Waals surface area contributed by atoms with Gasteiger partial charge in [-0.3, -0.25) is 0 Å². The average Bonchev–Trinajstić information content (AvgIpc) is 2.18. The fraction of sp³-hybridized carbons (Fsp3) is 0.273. The van der Waals surface area contributed by atoms with Crippen LogP contribution >= 0.6 is 0 Å². The molecule has 0 radical (unpaired) electrons. The summed E-state index contributed by atoms with van der Waals surface area (Å²) in [6, 6.07) is 9.39. The van der Waals surface area contributed by atoms with Crippen LogP contribution in [0.2, 0.25) is 0 Å². The van der Waals surface area contributed by atoms with Gasteiger partial charge in [0.05, 0.1) is 4.90 Å². The van der Waals surface area contributed by atoms with Gasteiger partial charge in [0.1, 0.15) is 11.0 Å². The van der Waals surface area contributed by atoms with Crippen molar-refractivity contribution >= 4 is 11.0 Å². The molecule has 1 unspecified atom stereocenters. The molecule has 1 aromatic carbocycles. The van der Waals surface area contributed by atoms with E-state index in [1.807, 2.05) is 50.3 Å². The second-order valence-corrected chi connectivity index (χ2v) is 4.51. The molecule has 1 atom stereocenters. The molecule has 1 rings (SSSR count). The number of hydrogen-bond donors (Lipinski definition) is 1. The Bertz CT molecular complexity index is 328. The number of benzene rings is 1. The van der Waals surface area contributed by atoms with Crippen LogP contribution in [0, 0.1) is 0 Å². The summed E-state index contributed by atoms with van der Waals surface area (Å²) in [5.41, 5.74) is 1.22. The summed E-state index contributed by atoms with van der Waals surface area (Å²) in [5, 5.41) is 0. The molecule has 0 aliphatic rings. The van der Waals surface area contributed by atoms with Crippen molar-refractivity contribution in [3.63, 3.8) is 0 Å². The lowest BCUT2D eigenvalue weighted by Gasteiger charge is -2.01. The van der Waals surface area contributed by atoms with Crippen LogP contribution in [0.3, 0.4) is 0 Å². The molecular weight excluding hydrogens is 194 g/mol. The zero-order valence-electron chi connectivity index (χ0n) is 8.49. The van der Waals surface area contributed by atoms with Crippen LogP contribution < -0.4 is 4.72 Å². The fourth-order valence-electron chi connectivity index (χ4n) is 0.949. The van der Waals surface area contributed by atoms with Crippen molar-refractivity contribution in [3.8, 4) is 0 Å². The third-order valence-electron chi connectivity index (χ3n) is 1.68. The molecule has 14 heavy (non-hydrogen) atoms. The zero-order valence-corrected chi connectivity index (χ0v) is 9.30. The molecule has 0 aliphatic heterocycles. The molecule has 0 saturated carbocycles. The Kier molecular flexibility index (Phi) is 4.56. The summed E-state index contributed by atoms with van der Waals surface area (Å²) in [7, 11) is -1.09. The van der Waals surface area contributed by atoms with Crippen LogP contribution in [-0.2, 0) is 11.0 Å². The van der Waals surface area contributed by atoms with Crippen LogP contribution in [0.5, 0.6) is 0 Å². The van der Waals surface area contributed by atoms with Gasteiger partial charge in [-0.25, -0.2) is 8.93 Å². The van der Waals surface area contributed by atoms with E-state index in [0.717, 1.165) is 4.90 Å². The van der Waals surface area contributed by atoms with E-state index in [9.17, 15) is 4.21 Å². The van der Waals surface area contributed by atoms with Crippen LogP contribution in [-0.4, -0.2) is 10.8 Å². The third-order valence-corrected chi connectivity index (χ3v) is 2.81. The van der Waals surface area contributed by atoms with Crippen LogP contribution in [0.1, 0.15) is 13.8 Å². The topological polar surface area (TPSA) is 29.1 Å². The van der Waals surface area contributed by atoms with Gasteiger partial charge >= 0.3 is 0 Å². The Morgan fingerprint density at radius 1 is 1.36 bits per heavy atom. The van der Waals surface area contributed by atoms with Crippen molar-refractivity contribution in [3.05, 3.63) is 42.0 Å². The fourth-order valence-corrected chi connectivity index (χ4v) is 1.75. The first-order valence-electron chi connectivity index (χ1n) is 4.54. The molecule has 0 amide bonds. The third kappa shape index (κ3) is 3.85. The van der Waals surface area contributed by atoms with Crippen molar-refractivity contribution < 1.29 is 4.21 Å². The summed E-state index contributed by atoms with van der Waals surface area (Å²) in [6.07, 6.45) is 2.01. The number of hydrogen-bond acceptors (Lipinski definition) is 1. The summed E-state index contributed by atoms with van der Waals surface area (Å²) in [4.78, 5) is 0.814. The predicted octanol–water partition coefficient (Wildman–Crippen LogP) is 2.27. The normalized spacial score (nSPS) is 12.1. The van der Waals surface area contributed by atoms with Crippen molar-refractivity contribution in [2.75, 3.05) is 6.54 Å². The van der Waals surface area contributed by atoms with Gasteiger partial charge in [-0.2, -0.15) is 0 Å². The van der Waals surface area contributed by atoms with E-state index in [4.69, 9.17) is 0 Å². The van der Waals surface area contributed by atoms with Gasteiger partial charge in [0, 0.05) is 6.54 Å². The van der Waals surface area contributed by atoms with Crippen molar-refractivity contribution in [2.24, 2.45) is 0 Å². The molecule has 2 nitrogen and oxygen atoms in total. The second kappa shape index (κ2) is 5.73. The quantitative estimate of drug-likeness (QED) is 0.757. The standard InChI is InChI=1S/C11H15NOS/c1-10(2)8-9-12-14(13)11-6-4-3-5-7-11/h3-8,12H,9H2,1-2H3. The van der Waals surface area contributed by atoms with Gasteiger partial charge in [0.2, 0.25) is 0 Å². The maximum absolute atomic E-state index is 11.6. The first-order chi connectivity index (χ1) is 6.70. The molecule has 0 bridgehead atoms. The number of nitrogens with one attached hydrogen (secondary N) is 1. The summed E-state index contributed by atoms with van der Waals surface area (Å²) in [5.74, 6) is 0. The lowest BCUT2D eigenvalue weighted by molar-refractivity contribution is 0.675. The second-order valence-electron chi connectivity index (χ2n) is 3.21. The SMILES string of the molecule is CC(C)=CCNS(=O)c1ccccc1. The van der Waals surface area contributed by atoms with E-state index in [2.05, 4.69) is 4.72 Å². The Hall–Kier alpha value is -0.930. The molecule has 1 N–H and O–H groups in total. The number of rotatable bonds is 4. The lowest BCUT2D eigenvalue weighted by atomic mass is 10.3. The van der Waals surface area contributed by atoms with Crippen LogP contribution in [0.4, 0.5) is 0 Å². The molecule has 0 aliphatic carbocycles. The minimum atomic E-state index is -1.09. The predicted molar refractivity (Wildman–Crippen MR) is 60.3 cm³/mol. The van der Waals surface area contributed by atoms with Gasteiger partial charge < -0.3 is 0 Å². The van der Waals surface area contributed by atoms with Gasteiger partial charge in [-0.15, -0.1) is 0 Å². The van der Waals surface area contributed by atoms with E-state index in [1.165, 1.54) is 5.57 Å². The summed E-state index contributed by atoms with van der Waals surface area (Å²) >= 11 is 0. The van der Waals surface area contributed by atoms with Gasteiger partial charge in [0.15, 0.2) is 0 Å². The molecular formula is C11H15NOS. The van der Waals surface area contributed by atoms with Gasteiger partial charge in [-0.05, 0) is 26.0 Å². The molecule has 0 spiro atoms. The zero-order chi connectivity index (χ0) is 10.4. The first-order valence-corrected chi connectivity index (χ1v) is 5.69. The van der Waals surface area contributed by atoms with Crippen LogP contribution in [0.15, 0.2) is 46.9 Å². The van der Waals surface area contributed by atoms with E-state index < -0.39 is 11.0 Å². The maximum atomic E-state index is 11.6.